The predicted molar refractivity (Wildman–Crippen MR) is 99.1 cm³/mol. The topological polar surface area (TPSA) is 116 Å². The average molecular weight is 379 g/mol. The first-order valence-electron chi connectivity index (χ1n) is 8.41. The van der Waals surface area contributed by atoms with Gasteiger partial charge >= 0.3 is 5.97 Å². The minimum Gasteiger partial charge on any atom is -0.449 e. The highest BCUT2D eigenvalue weighted by atomic mass is 16.5. The largest absolute Gasteiger partial charge is 0.449 e. The third kappa shape index (κ3) is 4.26. The quantitative estimate of drug-likeness (QED) is 0.515. The van der Waals surface area contributed by atoms with Crippen molar-refractivity contribution in [2.24, 2.45) is 0 Å². The first-order chi connectivity index (χ1) is 13.5. The standard InChI is InChI=1S/C19H17N5O4/c1-12(25)14-6-5-7-15(10-14)21-18(26)13(2)28-19(27)16-8-3-4-9-17(16)24-11-20-22-23-24/h3-11,13H,1-2H3,(H,21,26). The summed E-state index contributed by atoms with van der Waals surface area (Å²) in [6.07, 6.45) is 0.292. The summed E-state index contributed by atoms with van der Waals surface area (Å²) < 4.78 is 6.61. The molecule has 1 atom stereocenters. The molecule has 1 heterocycles. The van der Waals surface area contributed by atoms with Crippen LogP contribution in [0.1, 0.15) is 34.6 Å². The van der Waals surface area contributed by atoms with Crippen molar-refractivity contribution in [2.45, 2.75) is 20.0 Å². The molecule has 0 spiro atoms. The van der Waals surface area contributed by atoms with E-state index in [1.165, 1.54) is 24.9 Å². The summed E-state index contributed by atoms with van der Waals surface area (Å²) in [4.78, 5) is 36.4. The predicted octanol–water partition coefficient (Wildman–Crippen LogP) is 2.05. The first kappa shape index (κ1) is 18.9. The van der Waals surface area contributed by atoms with Crippen LogP contribution in [0.25, 0.3) is 5.69 Å². The number of anilines is 1. The lowest BCUT2D eigenvalue weighted by molar-refractivity contribution is -0.123. The molecule has 0 aliphatic carbocycles. The molecular formula is C19H17N5O4. The van der Waals surface area contributed by atoms with Crippen LogP contribution in [0.5, 0.6) is 0 Å². The third-order valence-electron chi connectivity index (χ3n) is 3.91. The lowest BCUT2D eigenvalue weighted by Crippen LogP contribution is -2.30. The molecule has 0 aliphatic rings. The van der Waals surface area contributed by atoms with E-state index in [1.807, 2.05) is 0 Å². The molecule has 1 unspecified atom stereocenters. The normalized spacial score (nSPS) is 11.5. The zero-order chi connectivity index (χ0) is 20.1. The van der Waals surface area contributed by atoms with Crippen LogP contribution in [0.15, 0.2) is 54.9 Å². The highest BCUT2D eigenvalue weighted by Crippen LogP contribution is 2.16. The zero-order valence-electron chi connectivity index (χ0n) is 15.2. The van der Waals surface area contributed by atoms with E-state index in [9.17, 15) is 14.4 Å². The number of ether oxygens (including phenoxy) is 1. The van der Waals surface area contributed by atoms with Crippen molar-refractivity contribution in [1.82, 2.24) is 20.2 Å². The number of ketones is 1. The van der Waals surface area contributed by atoms with Crippen LogP contribution < -0.4 is 5.32 Å². The molecular weight excluding hydrogens is 362 g/mol. The number of aromatic nitrogens is 4. The molecule has 1 N–H and O–H groups in total. The number of carbonyl (C=O) groups is 3. The highest BCUT2D eigenvalue weighted by molar-refractivity contribution is 6.00. The molecule has 142 valence electrons. The van der Waals surface area contributed by atoms with Gasteiger partial charge < -0.3 is 10.1 Å². The summed E-state index contributed by atoms with van der Waals surface area (Å²) in [5.41, 5.74) is 1.56. The molecule has 28 heavy (non-hydrogen) atoms. The van der Waals surface area contributed by atoms with Gasteiger partial charge in [0.05, 0.1) is 11.3 Å². The number of esters is 1. The van der Waals surface area contributed by atoms with Gasteiger partial charge in [-0.05, 0) is 48.5 Å². The number of nitrogens with one attached hydrogen (secondary N) is 1. The van der Waals surface area contributed by atoms with Gasteiger partial charge in [-0.3, -0.25) is 9.59 Å². The van der Waals surface area contributed by atoms with E-state index in [2.05, 4.69) is 20.8 Å². The van der Waals surface area contributed by atoms with Crippen LogP contribution in [0.4, 0.5) is 5.69 Å². The van der Waals surface area contributed by atoms with Gasteiger partial charge in [0.2, 0.25) is 0 Å². The van der Waals surface area contributed by atoms with Gasteiger partial charge in [-0.1, -0.05) is 24.3 Å². The summed E-state index contributed by atoms with van der Waals surface area (Å²) in [6.45, 7) is 2.90. The van der Waals surface area contributed by atoms with Gasteiger partial charge in [-0.25, -0.2) is 4.79 Å². The van der Waals surface area contributed by atoms with E-state index in [1.54, 1.807) is 48.5 Å². The van der Waals surface area contributed by atoms with Crippen molar-refractivity contribution >= 4 is 23.3 Å². The second kappa shape index (κ2) is 8.21. The third-order valence-corrected chi connectivity index (χ3v) is 3.91. The maximum Gasteiger partial charge on any atom is 0.341 e. The van der Waals surface area contributed by atoms with E-state index in [0.29, 0.717) is 16.9 Å². The Balaban J connectivity index is 1.70. The molecule has 0 saturated heterocycles. The number of benzene rings is 2. The number of hydrogen-bond donors (Lipinski definition) is 1. The average Bonchev–Trinajstić information content (AvgIpc) is 3.22. The maximum absolute atomic E-state index is 12.5. The Bertz CT molecular complexity index is 1020. The molecule has 0 radical (unpaired) electrons. The summed E-state index contributed by atoms with van der Waals surface area (Å²) in [7, 11) is 0. The first-order valence-corrected chi connectivity index (χ1v) is 8.41. The van der Waals surface area contributed by atoms with Gasteiger partial charge in [0.25, 0.3) is 5.91 Å². The van der Waals surface area contributed by atoms with E-state index in [0.717, 1.165) is 0 Å². The molecule has 9 nitrogen and oxygen atoms in total. The second-order valence-corrected chi connectivity index (χ2v) is 5.95. The van der Waals surface area contributed by atoms with Crippen molar-refractivity contribution in [1.29, 1.82) is 0 Å². The van der Waals surface area contributed by atoms with Crippen LogP contribution >= 0.6 is 0 Å². The Morgan fingerprint density at radius 1 is 1.11 bits per heavy atom. The monoisotopic (exact) mass is 379 g/mol. The SMILES string of the molecule is CC(=O)c1cccc(NC(=O)C(C)OC(=O)c2ccccc2-n2cnnn2)c1. The van der Waals surface area contributed by atoms with Crippen LogP contribution in [-0.4, -0.2) is 44.0 Å². The lowest BCUT2D eigenvalue weighted by Gasteiger charge is -2.15. The number of tetrazole rings is 1. The number of rotatable bonds is 6. The number of Topliss-reactive ketones (excluding diaryl/α,β-unsaturated/α-hetero) is 1. The molecule has 1 amide bonds. The van der Waals surface area contributed by atoms with Gasteiger partial charge in [-0.15, -0.1) is 5.10 Å². The molecule has 2 aromatic carbocycles. The Labute approximate surface area is 160 Å². The molecule has 1 aromatic heterocycles. The number of nitrogens with zero attached hydrogens (tertiary/aromatic N) is 4. The number of carbonyl (C=O) groups excluding carboxylic acids is 3. The van der Waals surface area contributed by atoms with Crippen LogP contribution in [0.3, 0.4) is 0 Å². The highest BCUT2D eigenvalue weighted by Gasteiger charge is 2.22. The molecule has 9 heteroatoms. The van der Waals surface area contributed by atoms with Gasteiger partial charge in [0, 0.05) is 11.3 Å². The Morgan fingerprint density at radius 3 is 2.61 bits per heavy atom. The van der Waals surface area contributed by atoms with E-state index in [-0.39, 0.29) is 11.3 Å². The van der Waals surface area contributed by atoms with Gasteiger partial charge in [0.1, 0.15) is 6.33 Å². The van der Waals surface area contributed by atoms with Gasteiger partial charge in [-0.2, -0.15) is 4.68 Å². The van der Waals surface area contributed by atoms with Gasteiger partial charge in [0.15, 0.2) is 11.9 Å². The molecule has 3 aromatic rings. The minimum absolute atomic E-state index is 0.116. The molecule has 0 aliphatic heterocycles. The fourth-order valence-corrected chi connectivity index (χ4v) is 2.46. The summed E-state index contributed by atoms with van der Waals surface area (Å²) in [6, 6.07) is 13.1. The van der Waals surface area contributed by atoms with Crippen LogP contribution in [-0.2, 0) is 9.53 Å². The molecule has 0 bridgehead atoms. The van der Waals surface area contributed by atoms with Crippen molar-refractivity contribution in [3.63, 3.8) is 0 Å². The Kier molecular flexibility index (Phi) is 5.54. The second-order valence-electron chi connectivity index (χ2n) is 5.95. The number of para-hydroxylation sites is 1. The summed E-state index contributed by atoms with van der Waals surface area (Å²) in [5, 5.41) is 13.5. The van der Waals surface area contributed by atoms with Crippen molar-refractivity contribution in [3.05, 3.63) is 66.0 Å². The van der Waals surface area contributed by atoms with Crippen molar-refractivity contribution in [3.8, 4) is 5.69 Å². The van der Waals surface area contributed by atoms with E-state index in [4.69, 9.17) is 4.74 Å². The fourth-order valence-electron chi connectivity index (χ4n) is 2.46. The van der Waals surface area contributed by atoms with Crippen molar-refractivity contribution in [2.75, 3.05) is 5.32 Å². The molecule has 0 fully saturated rings. The molecule has 3 rings (SSSR count). The number of hydrogen-bond acceptors (Lipinski definition) is 7. The smallest absolute Gasteiger partial charge is 0.341 e. The van der Waals surface area contributed by atoms with Crippen LogP contribution in [0.2, 0.25) is 0 Å². The van der Waals surface area contributed by atoms with E-state index >= 15 is 0 Å². The Morgan fingerprint density at radius 2 is 1.89 bits per heavy atom. The maximum atomic E-state index is 12.5. The zero-order valence-corrected chi connectivity index (χ0v) is 15.2. The lowest BCUT2D eigenvalue weighted by atomic mass is 10.1. The molecule has 0 saturated carbocycles. The van der Waals surface area contributed by atoms with Crippen LogP contribution in [0, 0.1) is 0 Å². The van der Waals surface area contributed by atoms with Crippen molar-refractivity contribution < 1.29 is 19.1 Å². The van der Waals surface area contributed by atoms with E-state index < -0.39 is 18.0 Å². The summed E-state index contributed by atoms with van der Waals surface area (Å²) >= 11 is 0. The summed E-state index contributed by atoms with van der Waals surface area (Å²) in [5.74, 6) is -1.32. The fraction of sp³-hybridized carbons (Fsp3) is 0.158. The minimum atomic E-state index is -1.06. The Hall–Kier alpha value is -3.88. The number of amides is 1.